The van der Waals surface area contributed by atoms with Crippen molar-refractivity contribution in [3.05, 3.63) is 16.6 Å². The summed E-state index contributed by atoms with van der Waals surface area (Å²) in [5.74, 6) is 0. The van der Waals surface area contributed by atoms with Gasteiger partial charge in [0, 0.05) is 11.6 Å². The van der Waals surface area contributed by atoms with Gasteiger partial charge in [0.2, 0.25) is 0 Å². The smallest absolute Gasteiger partial charge is 0.408 e. The van der Waals surface area contributed by atoms with Crippen LogP contribution in [0.15, 0.2) is 11.6 Å². The van der Waals surface area contributed by atoms with Gasteiger partial charge in [-0.2, -0.15) is 0 Å². The molecule has 2 N–H and O–H groups in total. The summed E-state index contributed by atoms with van der Waals surface area (Å²) < 4.78 is 5.37. The first-order valence-electron chi connectivity index (χ1n) is 6.53. The van der Waals surface area contributed by atoms with Gasteiger partial charge in [0.1, 0.15) is 10.6 Å². The fourth-order valence-electron chi connectivity index (χ4n) is 2.20. The summed E-state index contributed by atoms with van der Waals surface area (Å²) in [5, 5.41) is 9.24. The Morgan fingerprint density at radius 3 is 2.68 bits per heavy atom. The maximum atomic E-state index is 12.1. The Hall–Kier alpha value is -1.14. The average molecular weight is 283 g/mol. The maximum Gasteiger partial charge on any atom is 0.408 e. The third kappa shape index (κ3) is 3.67. The monoisotopic (exact) mass is 283 g/mol. The van der Waals surface area contributed by atoms with Crippen molar-refractivity contribution < 1.29 is 9.53 Å². The molecule has 1 aliphatic heterocycles. The number of nitrogens with one attached hydrogen (secondary N) is 2. The molecular weight excluding hydrogens is 262 g/mol. The van der Waals surface area contributed by atoms with Gasteiger partial charge in [-0.3, -0.25) is 0 Å². The lowest BCUT2D eigenvalue weighted by Crippen LogP contribution is -2.53. The number of amides is 1. The zero-order chi connectivity index (χ0) is 13.9. The van der Waals surface area contributed by atoms with Gasteiger partial charge in [-0.1, -0.05) is 0 Å². The molecule has 0 atom stereocenters. The number of ether oxygens (including phenoxy) is 1. The summed E-state index contributed by atoms with van der Waals surface area (Å²) in [6.07, 6.45) is 3.07. The molecule has 2 rings (SSSR count). The summed E-state index contributed by atoms with van der Waals surface area (Å²) >= 11 is 1.58. The molecular formula is C13H21N3O2S. The van der Waals surface area contributed by atoms with Crippen molar-refractivity contribution in [2.75, 3.05) is 13.1 Å². The van der Waals surface area contributed by atoms with Gasteiger partial charge >= 0.3 is 6.09 Å². The van der Waals surface area contributed by atoms with E-state index in [0.29, 0.717) is 0 Å². The fourth-order valence-corrected chi connectivity index (χ4v) is 3.06. The van der Waals surface area contributed by atoms with E-state index in [4.69, 9.17) is 4.74 Å². The van der Waals surface area contributed by atoms with Gasteiger partial charge in [-0.15, -0.1) is 11.3 Å². The van der Waals surface area contributed by atoms with Gasteiger partial charge in [0.25, 0.3) is 0 Å². The molecule has 0 bridgehead atoms. The number of hydrogen-bond donors (Lipinski definition) is 2. The summed E-state index contributed by atoms with van der Waals surface area (Å²) in [7, 11) is 0. The van der Waals surface area contributed by atoms with Crippen molar-refractivity contribution in [2.24, 2.45) is 0 Å². The number of nitrogens with zero attached hydrogens (tertiary/aromatic N) is 1. The molecule has 1 amide bonds. The molecule has 1 saturated heterocycles. The second kappa shape index (κ2) is 5.46. The average Bonchev–Trinajstić information content (AvgIpc) is 2.81. The minimum atomic E-state index is -0.485. The van der Waals surface area contributed by atoms with Gasteiger partial charge in [-0.25, -0.2) is 9.78 Å². The Labute approximate surface area is 117 Å². The summed E-state index contributed by atoms with van der Waals surface area (Å²) in [6.45, 7) is 7.34. The van der Waals surface area contributed by atoms with Crippen molar-refractivity contribution >= 4 is 17.4 Å². The molecule has 19 heavy (non-hydrogen) atoms. The SMILES string of the molecule is CC(C)(C)OC(=O)NC1(c2nccs2)CCNCC1. The van der Waals surface area contributed by atoms with Crippen LogP contribution in [0.3, 0.4) is 0 Å². The minimum Gasteiger partial charge on any atom is -0.444 e. The maximum absolute atomic E-state index is 12.1. The third-order valence-electron chi connectivity index (χ3n) is 3.04. The molecule has 1 aromatic heterocycles. The highest BCUT2D eigenvalue weighted by Crippen LogP contribution is 2.32. The Morgan fingerprint density at radius 2 is 2.16 bits per heavy atom. The van der Waals surface area contributed by atoms with Crippen LogP contribution in [0.25, 0.3) is 0 Å². The first-order chi connectivity index (χ1) is 8.91. The Morgan fingerprint density at radius 1 is 1.47 bits per heavy atom. The normalized spacial score (nSPS) is 18.9. The third-order valence-corrected chi connectivity index (χ3v) is 4.02. The number of rotatable bonds is 2. The van der Waals surface area contributed by atoms with Crippen molar-refractivity contribution in [1.29, 1.82) is 0 Å². The molecule has 1 aromatic rings. The molecule has 0 radical (unpaired) electrons. The molecule has 0 aromatic carbocycles. The van der Waals surface area contributed by atoms with Gasteiger partial charge in [0.05, 0.1) is 5.54 Å². The number of alkyl carbamates (subject to hydrolysis) is 1. The number of aromatic nitrogens is 1. The van der Waals surface area contributed by atoms with Crippen LogP contribution >= 0.6 is 11.3 Å². The predicted octanol–water partition coefficient (Wildman–Crippen LogP) is 2.25. The van der Waals surface area contributed by atoms with E-state index in [0.717, 1.165) is 30.9 Å². The molecule has 0 spiro atoms. The fraction of sp³-hybridized carbons (Fsp3) is 0.692. The lowest BCUT2D eigenvalue weighted by molar-refractivity contribution is 0.0426. The van der Waals surface area contributed by atoms with Gasteiger partial charge in [-0.05, 0) is 46.7 Å². The van der Waals surface area contributed by atoms with E-state index < -0.39 is 5.60 Å². The zero-order valence-corrected chi connectivity index (χ0v) is 12.5. The second-order valence-electron chi connectivity index (χ2n) is 5.80. The highest BCUT2D eigenvalue weighted by molar-refractivity contribution is 7.09. The first kappa shape index (κ1) is 14.3. The van der Waals surface area contributed by atoms with E-state index in [-0.39, 0.29) is 11.6 Å². The molecule has 5 nitrogen and oxygen atoms in total. The molecule has 0 aliphatic carbocycles. The molecule has 6 heteroatoms. The number of thiazole rings is 1. The molecule has 1 fully saturated rings. The Balaban J connectivity index is 2.13. The highest BCUT2D eigenvalue weighted by Gasteiger charge is 2.38. The van der Waals surface area contributed by atoms with E-state index in [1.807, 2.05) is 26.2 Å². The van der Waals surface area contributed by atoms with Crippen molar-refractivity contribution in [2.45, 2.75) is 44.8 Å². The van der Waals surface area contributed by atoms with E-state index >= 15 is 0 Å². The predicted molar refractivity (Wildman–Crippen MR) is 75.3 cm³/mol. The lowest BCUT2D eigenvalue weighted by atomic mass is 9.89. The van der Waals surface area contributed by atoms with Crippen LogP contribution in [0.2, 0.25) is 0 Å². The van der Waals surface area contributed by atoms with Crippen LogP contribution in [0.4, 0.5) is 4.79 Å². The van der Waals surface area contributed by atoms with Gasteiger partial charge in [0.15, 0.2) is 0 Å². The van der Waals surface area contributed by atoms with E-state index in [1.165, 1.54) is 0 Å². The summed E-state index contributed by atoms with van der Waals surface area (Å²) in [5.41, 5.74) is -0.872. The zero-order valence-electron chi connectivity index (χ0n) is 11.7. The molecule has 1 aliphatic rings. The standard InChI is InChI=1S/C13H21N3O2S/c1-12(2,3)18-11(17)16-13(4-6-14-7-5-13)10-15-8-9-19-10/h8-9,14H,4-7H2,1-3H3,(H,16,17). The Bertz CT molecular complexity index is 420. The quantitative estimate of drug-likeness (QED) is 0.874. The first-order valence-corrected chi connectivity index (χ1v) is 7.41. The van der Waals surface area contributed by atoms with Crippen LogP contribution in [0.1, 0.15) is 38.6 Å². The largest absolute Gasteiger partial charge is 0.444 e. The second-order valence-corrected chi connectivity index (χ2v) is 6.69. The number of carbonyl (C=O) groups excluding carboxylic acids is 1. The van der Waals surface area contributed by atoms with Crippen LogP contribution in [-0.4, -0.2) is 29.8 Å². The van der Waals surface area contributed by atoms with Crippen LogP contribution in [0, 0.1) is 0 Å². The molecule has 0 saturated carbocycles. The van der Waals surface area contributed by atoms with E-state index in [2.05, 4.69) is 15.6 Å². The van der Waals surface area contributed by atoms with Gasteiger partial charge < -0.3 is 15.4 Å². The summed E-state index contributed by atoms with van der Waals surface area (Å²) in [6, 6.07) is 0. The van der Waals surface area contributed by atoms with Crippen LogP contribution < -0.4 is 10.6 Å². The molecule has 2 heterocycles. The number of piperidine rings is 1. The molecule has 0 unspecified atom stereocenters. The van der Waals surface area contributed by atoms with E-state index in [1.54, 1.807) is 17.5 Å². The summed E-state index contributed by atoms with van der Waals surface area (Å²) in [4.78, 5) is 16.4. The molecule has 106 valence electrons. The lowest BCUT2D eigenvalue weighted by Gasteiger charge is -2.37. The number of carbonyl (C=O) groups is 1. The van der Waals surface area contributed by atoms with Crippen LogP contribution in [-0.2, 0) is 10.3 Å². The van der Waals surface area contributed by atoms with Crippen LogP contribution in [0.5, 0.6) is 0 Å². The van der Waals surface area contributed by atoms with Crippen molar-refractivity contribution in [3.63, 3.8) is 0 Å². The Kier molecular flexibility index (Phi) is 4.10. The van der Waals surface area contributed by atoms with Crippen molar-refractivity contribution in [3.8, 4) is 0 Å². The number of hydrogen-bond acceptors (Lipinski definition) is 5. The highest BCUT2D eigenvalue weighted by atomic mass is 32.1. The van der Waals surface area contributed by atoms with E-state index in [9.17, 15) is 4.79 Å². The van der Waals surface area contributed by atoms with Crippen molar-refractivity contribution in [1.82, 2.24) is 15.6 Å². The topological polar surface area (TPSA) is 63.2 Å². The minimum absolute atomic E-state index is 0.371.